The number of fused-ring (bicyclic) bond motifs is 1. The monoisotopic (exact) mass is 336 g/mol. The first-order valence-electron chi connectivity index (χ1n) is 8.48. The third kappa shape index (κ3) is 3.04. The molecule has 0 aromatic carbocycles. The van der Waals surface area contributed by atoms with Gasteiger partial charge in [0, 0.05) is 38.4 Å². The second-order valence-electron chi connectivity index (χ2n) is 6.97. The second-order valence-corrected chi connectivity index (χ2v) is 6.97. The minimum atomic E-state index is 0. The third-order valence-electron chi connectivity index (χ3n) is 5.62. The molecule has 2 N–H and O–H groups in total. The van der Waals surface area contributed by atoms with Crippen LogP contribution in [-0.4, -0.2) is 48.0 Å². The van der Waals surface area contributed by atoms with Crippen LogP contribution in [0.15, 0.2) is 18.3 Å². The molecule has 1 amide bonds. The summed E-state index contributed by atoms with van der Waals surface area (Å²) < 4.78 is 0. The van der Waals surface area contributed by atoms with Gasteiger partial charge in [0.15, 0.2) is 0 Å². The Balaban J connectivity index is 0.00000156. The minimum Gasteiger partial charge on any atom is -0.357 e. The van der Waals surface area contributed by atoms with Crippen LogP contribution >= 0.6 is 12.4 Å². The molecule has 3 aliphatic rings. The van der Waals surface area contributed by atoms with Gasteiger partial charge in [-0.15, -0.1) is 12.4 Å². The lowest BCUT2D eigenvalue weighted by molar-refractivity contribution is 0.0779. The topological polar surface area (TPSA) is 62.5 Å². The number of likely N-dealkylation sites (tertiary alicyclic amines) is 1. The second kappa shape index (κ2) is 6.65. The number of halogens is 1. The predicted molar refractivity (Wildman–Crippen MR) is 93.0 cm³/mol. The molecule has 0 bridgehead atoms. The smallest absolute Gasteiger partial charge is 0.255 e. The van der Waals surface area contributed by atoms with E-state index in [9.17, 15) is 4.79 Å². The zero-order valence-electron chi connectivity index (χ0n) is 13.4. The Morgan fingerprint density at radius 1 is 1.17 bits per heavy atom. The van der Waals surface area contributed by atoms with Gasteiger partial charge in [-0.05, 0) is 49.7 Å². The molecule has 1 aromatic heterocycles. The van der Waals surface area contributed by atoms with Gasteiger partial charge in [0.2, 0.25) is 0 Å². The van der Waals surface area contributed by atoms with Gasteiger partial charge in [0.1, 0.15) is 5.82 Å². The van der Waals surface area contributed by atoms with E-state index in [1.54, 1.807) is 6.20 Å². The molecular formula is C17H25ClN4O. The Bertz CT molecular complexity index is 558. The van der Waals surface area contributed by atoms with E-state index in [-0.39, 0.29) is 24.4 Å². The van der Waals surface area contributed by atoms with Gasteiger partial charge < -0.3 is 15.5 Å². The molecule has 3 unspecified atom stereocenters. The van der Waals surface area contributed by atoms with Crippen LogP contribution in [0, 0.1) is 11.8 Å². The van der Waals surface area contributed by atoms with E-state index in [1.807, 2.05) is 17.0 Å². The van der Waals surface area contributed by atoms with Crippen molar-refractivity contribution < 1.29 is 4.79 Å². The molecular weight excluding hydrogens is 312 g/mol. The van der Waals surface area contributed by atoms with Crippen molar-refractivity contribution in [1.29, 1.82) is 0 Å². The molecule has 1 aliphatic carbocycles. The van der Waals surface area contributed by atoms with Crippen molar-refractivity contribution in [3.05, 3.63) is 23.9 Å². The number of aromatic nitrogens is 1. The van der Waals surface area contributed by atoms with Gasteiger partial charge in [0.05, 0.1) is 5.56 Å². The summed E-state index contributed by atoms with van der Waals surface area (Å²) in [4.78, 5) is 21.4. The van der Waals surface area contributed by atoms with Crippen molar-refractivity contribution in [3.63, 3.8) is 0 Å². The Hall–Kier alpha value is -1.33. The first kappa shape index (κ1) is 16.5. The van der Waals surface area contributed by atoms with E-state index < -0.39 is 0 Å². The maximum absolute atomic E-state index is 12.6. The highest BCUT2D eigenvalue weighted by Gasteiger charge is 2.42. The van der Waals surface area contributed by atoms with Crippen LogP contribution in [0.4, 0.5) is 5.82 Å². The minimum absolute atomic E-state index is 0. The lowest BCUT2D eigenvalue weighted by atomic mass is 9.98. The molecule has 6 heteroatoms. The molecule has 3 fully saturated rings. The maximum atomic E-state index is 12.6. The molecule has 5 nitrogen and oxygen atoms in total. The Labute approximate surface area is 143 Å². The summed E-state index contributed by atoms with van der Waals surface area (Å²) in [6, 6.07) is 4.19. The summed E-state index contributed by atoms with van der Waals surface area (Å²) in [6.07, 6.45) is 6.49. The summed E-state index contributed by atoms with van der Waals surface area (Å²) in [6.45, 7) is 3.84. The summed E-state index contributed by atoms with van der Waals surface area (Å²) >= 11 is 0. The zero-order chi connectivity index (χ0) is 15.1. The number of carbonyl (C=O) groups excluding carboxylic acids is 1. The van der Waals surface area contributed by atoms with E-state index in [0.717, 1.165) is 38.4 Å². The number of hydrogen-bond acceptors (Lipinski definition) is 4. The molecule has 1 aromatic rings. The average Bonchev–Trinajstić information content (AvgIpc) is 3.26. The number of anilines is 1. The van der Waals surface area contributed by atoms with Crippen LogP contribution in [0.3, 0.4) is 0 Å². The highest BCUT2D eigenvalue weighted by molar-refractivity contribution is 5.94. The van der Waals surface area contributed by atoms with Gasteiger partial charge in [-0.2, -0.15) is 0 Å². The molecule has 23 heavy (non-hydrogen) atoms. The van der Waals surface area contributed by atoms with Crippen LogP contribution in [0.2, 0.25) is 0 Å². The van der Waals surface area contributed by atoms with E-state index in [1.165, 1.54) is 19.3 Å². The highest BCUT2D eigenvalue weighted by Crippen LogP contribution is 2.37. The van der Waals surface area contributed by atoms with Crippen LogP contribution < -0.4 is 10.6 Å². The lowest BCUT2D eigenvalue weighted by Crippen LogP contribution is -2.33. The van der Waals surface area contributed by atoms with Gasteiger partial charge in [-0.3, -0.25) is 4.79 Å². The first-order chi connectivity index (χ1) is 10.7. The summed E-state index contributed by atoms with van der Waals surface area (Å²) in [7, 11) is 0. The average molecular weight is 337 g/mol. The number of amides is 1. The molecule has 0 spiro atoms. The SMILES string of the molecule is Cl.NC1CCC2CN(C(=O)c3ccc(N4CCCC4)nc3)CC12. The summed E-state index contributed by atoms with van der Waals surface area (Å²) in [5.41, 5.74) is 6.86. The first-order valence-corrected chi connectivity index (χ1v) is 8.48. The zero-order valence-corrected chi connectivity index (χ0v) is 14.2. The predicted octanol–water partition coefficient (Wildman–Crippen LogP) is 1.91. The quantitative estimate of drug-likeness (QED) is 0.896. The van der Waals surface area contributed by atoms with Gasteiger partial charge >= 0.3 is 0 Å². The molecule has 3 heterocycles. The molecule has 3 atom stereocenters. The van der Waals surface area contributed by atoms with Crippen LogP contribution in [0.25, 0.3) is 0 Å². The van der Waals surface area contributed by atoms with Crippen LogP contribution in [0.1, 0.15) is 36.0 Å². The number of nitrogens with two attached hydrogens (primary N) is 1. The molecule has 1 saturated carbocycles. The number of carbonyl (C=O) groups is 1. The van der Waals surface area contributed by atoms with Gasteiger partial charge in [-0.25, -0.2) is 4.98 Å². The fraction of sp³-hybridized carbons (Fsp3) is 0.647. The Morgan fingerprint density at radius 2 is 1.96 bits per heavy atom. The van der Waals surface area contributed by atoms with Crippen molar-refractivity contribution >= 4 is 24.1 Å². The fourth-order valence-electron chi connectivity index (χ4n) is 4.30. The van der Waals surface area contributed by atoms with E-state index >= 15 is 0 Å². The molecule has 4 rings (SSSR count). The molecule has 2 saturated heterocycles. The number of pyridine rings is 1. The molecule has 2 aliphatic heterocycles. The summed E-state index contributed by atoms with van der Waals surface area (Å²) in [5, 5.41) is 0. The normalized spacial score (nSPS) is 29.5. The van der Waals surface area contributed by atoms with E-state index in [4.69, 9.17) is 5.73 Å². The summed E-state index contributed by atoms with van der Waals surface area (Å²) in [5.74, 6) is 2.22. The van der Waals surface area contributed by atoms with E-state index in [0.29, 0.717) is 17.4 Å². The van der Waals surface area contributed by atoms with Crippen molar-refractivity contribution in [2.75, 3.05) is 31.1 Å². The number of hydrogen-bond donors (Lipinski definition) is 1. The van der Waals surface area contributed by atoms with Crippen LogP contribution in [-0.2, 0) is 0 Å². The largest absolute Gasteiger partial charge is 0.357 e. The van der Waals surface area contributed by atoms with Crippen molar-refractivity contribution in [2.45, 2.75) is 31.7 Å². The van der Waals surface area contributed by atoms with Crippen molar-refractivity contribution in [2.24, 2.45) is 17.6 Å². The Morgan fingerprint density at radius 3 is 2.61 bits per heavy atom. The van der Waals surface area contributed by atoms with Crippen molar-refractivity contribution in [3.8, 4) is 0 Å². The Kier molecular flexibility index (Phi) is 4.78. The lowest BCUT2D eigenvalue weighted by Gasteiger charge is -2.20. The highest BCUT2D eigenvalue weighted by atomic mass is 35.5. The van der Waals surface area contributed by atoms with Gasteiger partial charge in [0.25, 0.3) is 5.91 Å². The standard InChI is InChI=1S/C17H24N4O.ClH/c18-15-5-3-13-10-21(11-14(13)15)17(22)12-4-6-16(19-9-12)20-7-1-2-8-20;/h4,6,9,13-15H,1-3,5,7-8,10-11,18H2;1H. The maximum Gasteiger partial charge on any atom is 0.255 e. The van der Waals surface area contributed by atoms with Crippen LogP contribution in [0.5, 0.6) is 0 Å². The fourth-order valence-corrected chi connectivity index (χ4v) is 4.30. The third-order valence-corrected chi connectivity index (χ3v) is 5.62. The number of nitrogens with zero attached hydrogens (tertiary/aromatic N) is 3. The van der Waals surface area contributed by atoms with E-state index in [2.05, 4.69) is 9.88 Å². The molecule has 0 radical (unpaired) electrons. The number of rotatable bonds is 2. The van der Waals surface area contributed by atoms with Crippen molar-refractivity contribution in [1.82, 2.24) is 9.88 Å². The van der Waals surface area contributed by atoms with Gasteiger partial charge in [-0.1, -0.05) is 0 Å². The molecule has 126 valence electrons.